The first kappa shape index (κ1) is 12.6. The Bertz CT molecular complexity index is 507. The summed E-state index contributed by atoms with van der Waals surface area (Å²) in [6, 6.07) is 8.01. The molecule has 0 spiro atoms. The lowest BCUT2D eigenvalue weighted by atomic mass is 10.1. The molecule has 0 aliphatic heterocycles. The summed E-state index contributed by atoms with van der Waals surface area (Å²) in [5.74, 6) is 1.86. The highest BCUT2D eigenvalue weighted by atomic mass is 16.5. The second kappa shape index (κ2) is 5.67. The minimum atomic E-state index is 0.569. The van der Waals surface area contributed by atoms with E-state index in [1.54, 1.807) is 0 Å². The third-order valence-electron chi connectivity index (χ3n) is 3.02. The third kappa shape index (κ3) is 2.88. The molecule has 1 N–H and O–H groups in total. The molecule has 0 saturated heterocycles. The number of benzene rings is 1. The number of hydrogen-bond acceptors (Lipinski definition) is 4. The van der Waals surface area contributed by atoms with E-state index in [2.05, 4.69) is 29.3 Å². The molecule has 0 bridgehead atoms. The molecule has 1 aromatic heterocycles. The van der Waals surface area contributed by atoms with Gasteiger partial charge in [-0.15, -0.1) is 0 Å². The van der Waals surface area contributed by atoms with Gasteiger partial charge in [0, 0.05) is 12.2 Å². The zero-order valence-corrected chi connectivity index (χ0v) is 11.1. The second-order valence-electron chi connectivity index (χ2n) is 4.59. The van der Waals surface area contributed by atoms with Crippen LogP contribution in [-0.4, -0.2) is 16.7 Å². The van der Waals surface area contributed by atoms with Gasteiger partial charge in [0.1, 0.15) is 0 Å². The van der Waals surface area contributed by atoms with Crippen molar-refractivity contribution < 1.29 is 4.52 Å². The highest BCUT2D eigenvalue weighted by Crippen LogP contribution is 2.26. The van der Waals surface area contributed by atoms with Crippen molar-refractivity contribution in [2.45, 2.75) is 27.2 Å². The van der Waals surface area contributed by atoms with Crippen LogP contribution in [-0.2, 0) is 0 Å². The van der Waals surface area contributed by atoms with E-state index in [1.807, 2.05) is 31.2 Å². The quantitative estimate of drug-likeness (QED) is 0.875. The Morgan fingerprint density at radius 2 is 2.11 bits per heavy atom. The van der Waals surface area contributed by atoms with Gasteiger partial charge in [-0.2, -0.15) is 4.98 Å². The number of aryl methyl sites for hydroxylation is 1. The van der Waals surface area contributed by atoms with Gasteiger partial charge in [0.15, 0.2) is 5.82 Å². The van der Waals surface area contributed by atoms with E-state index in [9.17, 15) is 0 Å². The number of anilines is 1. The lowest BCUT2D eigenvalue weighted by molar-refractivity contribution is 0.425. The van der Waals surface area contributed by atoms with E-state index in [0.29, 0.717) is 17.6 Å². The van der Waals surface area contributed by atoms with E-state index in [-0.39, 0.29) is 0 Å². The predicted molar refractivity (Wildman–Crippen MR) is 72.4 cm³/mol. The normalized spacial score (nSPS) is 12.4. The van der Waals surface area contributed by atoms with E-state index < -0.39 is 0 Å². The van der Waals surface area contributed by atoms with Gasteiger partial charge in [0.05, 0.1) is 5.56 Å². The first-order valence-electron chi connectivity index (χ1n) is 6.34. The Morgan fingerprint density at radius 1 is 1.33 bits per heavy atom. The fourth-order valence-corrected chi connectivity index (χ4v) is 1.66. The number of nitrogens with one attached hydrogen (secondary N) is 1. The smallest absolute Gasteiger partial charge is 0.260 e. The maximum absolute atomic E-state index is 5.22. The Hall–Kier alpha value is -1.84. The summed E-state index contributed by atoms with van der Waals surface area (Å²) in [6.45, 7) is 7.19. The summed E-state index contributed by atoms with van der Waals surface area (Å²) in [6.07, 6.45) is 1.16. The first-order chi connectivity index (χ1) is 8.70. The van der Waals surface area contributed by atoms with Crippen molar-refractivity contribution in [2.75, 3.05) is 11.9 Å². The monoisotopic (exact) mass is 245 g/mol. The molecule has 18 heavy (non-hydrogen) atoms. The molecule has 1 heterocycles. The molecule has 4 heteroatoms. The predicted octanol–water partition coefficient (Wildman–Crippen LogP) is 3.50. The van der Waals surface area contributed by atoms with E-state index in [0.717, 1.165) is 24.2 Å². The lowest BCUT2D eigenvalue weighted by Gasteiger charge is -2.13. The zero-order valence-electron chi connectivity index (χ0n) is 11.1. The molecule has 0 aliphatic rings. The van der Waals surface area contributed by atoms with Gasteiger partial charge in [0.25, 0.3) is 5.89 Å². The summed E-state index contributed by atoms with van der Waals surface area (Å²) in [5.41, 5.74) is 2.00. The average Bonchev–Trinajstić information content (AvgIpc) is 2.83. The van der Waals surface area contributed by atoms with Crippen molar-refractivity contribution in [1.82, 2.24) is 10.1 Å². The van der Waals surface area contributed by atoms with Crippen LogP contribution >= 0.6 is 0 Å². The van der Waals surface area contributed by atoms with Crippen LogP contribution in [0.2, 0.25) is 0 Å². The van der Waals surface area contributed by atoms with Crippen molar-refractivity contribution in [3.05, 3.63) is 30.1 Å². The van der Waals surface area contributed by atoms with Gasteiger partial charge >= 0.3 is 0 Å². The molecular formula is C14H19N3O. The fraction of sp³-hybridized carbons (Fsp3) is 0.429. The van der Waals surface area contributed by atoms with Crippen LogP contribution in [0, 0.1) is 12.8 Å². The maximum atomic E-state index is 5.22. The molecule has 2 aromatic rings. The molecule has 0 aliphatic carbocycles. The van der Waals surface area contributed by atoms with Gasteiger partial charge in [-0.25, -0.2) is 0 Å². The van der Waals surface area contributed by atoms with Crippen molar-refractivity contribution in [3.8, 4) is 11.5 Å². The molecule has 1 aromatic carbocycles. The van der Waals surface area contributed by atoms with Crippen molar-refractivity contribution in [3.63, 3.8) is 0 Å². The molecule has 2 rings (SSSR count). The van der Waals surface area contributed by atoms with Crippen LogP contribution in [0.3, 0.4) is 0 Å². The topological polar surface area (TPSA) is 51.0 Å². The van der Waals surface area contributed by atoms with Crippen LogP contribution in [0.4, 0.5) is 5.69 Å². The molecule has 96 valence electrons. The number of nitrogens with zero attached hydrogens (tertiary/aromatic N) is 2. The Kier molecular flexibility index (Phi) is 3.97. The van der Waals surface area contributed by atoms with E-state index >= 15 is 0 Å². The summed E-state index contributed by atoms with van der Waals surface area (Å²) < 4.78 is 5.22. The van der Waals surface area contributed by atoms with Gasteiger partial charge in [-0.3, -0.25) is 0 Å². The Labute approximate surface area is 107 Å². The average molecular weight is 245 g/mol. The molecular weight excluding hydrogens is 226 g/mol. The molecule has 1 atom stereocenters. The largest absolute Gasteiger partial charge is 0.384 e. The summed E-state index contributed by atoms with van der Waals surface area (Å²) in [4.78, 5) is 4.27. The van der Waals surface area contributed by atoms with E-state index in [1.165, 1.54) is 0 Å². The van der Waals surface area contributed by atoms with Crippen LogP contribution in [0.5, 0.6) is 0 Å². The standard InChI is InChI=1S/C14H19N3O/c1-4-10(2)9-15-13-8-6-5-7-12(13)14-16-11(3)17-18-14/h5-8,10,15H,4,9H2,1-3H3. The molecule has 0 radical (unpaired) electrons. The Balaban J connectivity index is 2.20. The summed E-state index contributed by atoms with van der Waals surface area (Å²) >= 11 is 0. The van der Waals surface area contributed by atoms with Crippen molar-refractivity contribution in [2.24, 2.45) is 5.92 Å². The van der Waals surface area contributed by atoms with Gasteiger partial charge in [-0.1, -0.05) is 37.6 Å². The van der Waals surface area contributed by atoms with Crippen LogP contribution < -0.4 is 5.32 Å². The molecule has 0 fully saturated rings. The van der Waals surface area contributed by atoms with E-state index in [4.69, 9.17) is 4.52 Å². The SMILES string of the molecule is CCC(C)CNc1ccccc1-c1nc(C)no1. The third-order valence-corrected chi connectivity index (χ3v) is 3.02. The van der Waals surface area contributed by atoms with Crippen molar-refractivity contribution >= 4 is 5.69 Å². The highest BCUT2D eigenvalue weighted by Gasteiger charge is 2.11. The highest BCUT2D eigenvalue weighted by molar-refractivity contribution is 5.72. The first-order valence-corrected chi connectivity index (χ1v) is 6.34. The number of para-hydroxylation sites is 1. The van der Waals surface area contributed by atoms with Gasteiger partial charge in [0.2, 0.25) is 0 Å². The molecule has 0 saturated carbocycles. The zero-order chi connectivity index (χ0) is 13.0. The Morgan fingerprint density at radius 3 is 2.78 bits per heavy atom. The number of hydrogen-bond donors (Lipinski definition) is 1. The minimum Gasteiger partial charge on any atom is -0.384 e. The van der Waals surface area contributed by atoms with Gasteiger partial charge in [-0.05, 0) is 25.0 Å². The molecule has 1 unspecified atom stereocenters. The fourth-order valence-electron chi connectivity index (χ4n) is 1.66. The number of aromatic nitrogens is 2. The van der Waals surface area contributed by atoms with Gasteiger partial charge < -0.3 is 9.84 Å². The van der Waals surface area contributed by atoms with Crippen LogP contribution in [0.1, 0.15) is 26.1 Å². The lowest BCUT2D eigenvalue weighted by Crippen LogP contribution is -2.10. The number of rotatable bonds is 5. The molecule has 0 amide bonds. The minimum absolute atomic E-state index is 0.569. The molecule has 4 nitrogen and oxygen atoms in total. The summed E-state index contributed by atoms with van der Waals surface area (Å²) in [7, 11) is 0. The van der Waals surface area contributed by atoms with Crippen molar-refractivity contribution in [1.29, 1.82) is 0 Å². The van der Waals surface area contributed by atoms with Crippen LogP contribution in [0.15, 0.2) is 28.8 Å². The maximum Gasteiger partial charge on any atom is 0.260 e. The van der Waals surface area contributed by atoms with Crippen LogP contribution in [0.25, 0.3) is 11.5 Å². The summed E-state index contributed by atoms with van der Waals surface area (Å²) in [5, 5.41) is 7.28. The second-order valence-corrected chi connectivity index (χ2v) is 4.59.